The Kier molecular flexibility index (Phi) is 4.27. The predicted molar refractivity (Wildman–Crippen MR) is 102 cm³/mol. The molecule has 0 saturated carbocycles. The Bertz CT molecular complexity index is 1260. The number of aromatic amines is 1. The number of ether oxygens (including phenoxy) is 1. The number of aromatic nitrogens is 3. The smallest absolute Gasteiger partial charge is 0.277 e. The zero-order valence-corrected chi connectivity index (χ0v) is 15.2. The number of carbonyl (C=O) groups is 1. The first-order valence-corrected chi connectivity index (χ1v) is 8.56. The molecule has 2 aromatic carbocycles. The number of hydrogen-bond donors (Lipinski definition) is 1. The van der Waals surface area contributed by atoms with E-state index in [0.717, 1.165) is 0 Å². The summed E-state index contributed by atoms with van der Waals surface area (Å²) in [7, 11) is 1.56. The van der Waals surface area contributed by atoms with Crippen molar-refractivity contribution in [3.05, 3.63) is 87.7 Å². The van der Waals surface area contributed by atoms with Crippen molar-refractivity contribution in [3.8, 4) is 11.5 Å². The van der Waals surface area contributed by atoms with Crippen molar-refractivity contribution in [3.63, 3.8) is 0 Å². The van der Waals surface area contributed by atoms with Gasteiger partial charge in [0.1, 0.15) is 22.9 Å². The molecule has 4 rings (SSSR count). The molecule has 0 radical (unpaired) electrons. The molecule has 0 atom stereocenters. The summed E-state index contributed by atoms with van der Waals surface area (Å²) in [6, 6.07) is 12.3. The van der Waals surface area contributed by atoms with Crippen LogP contribution < -0.4 is 10.3 Å². The Morgan fingerprint density at radius 3 is 2.57 bits per heavy atom. The number of pyridine rings is 1. The third-order valence-electron chi connectivity index (χ3n) is 4.46. The van der Waals surface area contributed by atoms with Gasteiger partial charge >= 0.3 is 0 Å². The summed E-state index contributed by atoms with van der Waals surface area (Å²) >= 11 is 0. The first-order valence-electron chi connectivity index (χ1n) is 8.56. The topological polar surface area (TPSA) is 77.0 Å². The fourth-order valence-corrected chi connectivity index (χ4v) is 3.08. The van der Waals surface area contributed by atoms with E-state index in [1.54, 1.807) is 44.4 Å². The summed E-state index contributed by atoms with van der Waals surface area (Å²) in [5.74, 6) is 0.201. The number of aryl methyl sites for hydroxylation is 2. The molecule has 6 nitrogen and oxygen atoms in total. The molecule has 0 unspecified atom stereocenters. The number of ketones is 1. The highest BCUT2D eigenvalue weighted by Crippen LogP contribution is 2.30. The number of hydrogen-bond acceptors (Lipinski definition) is 4. The fourth-order valence-electron chi connectivity index (χ4n) is 3.08. The van der Waals surface area contributed by atoms with Crippen LogP contribution in [0.3, 0.4) is 0 Å². The summed E-state index contributed by atoms with van der Waals surface area (Å²) < 4.78 is 20.2. The molecule has 0 aliphatic heterocycles. The molecule has 7 heteroatoms. The molecule has 4 aromatic rings. The van der Waals surface area contributed by atoms with Crippen LogP contribution in [0.25, 0.3) is 10.9 Å². The average molecular weight is 377 g/mol. The molecule has 2 aromatic heterocycles. The zero-order valence-electron chi connectivity index (χ0n) is 15.2. The van der Waals surface area contributed by atoms with Crippen LogP contribution in [0.1, 0.15) is 21.6 Å². The van der Waals surface area contributed by atoms with Gasteiger partial charge in [-0.15, -0.1) is 0 Å². The van der Waals surface area contributed by atoms with Crippen molar-refractivity contribution in [2.75, 3.05) is 0 Å². The lowest BCUT2D eigenvalue weighted by atomic mass is 10.0. The summed E-state index contributed by atoms with van der Waals surface area (Å²) in [6.07, 6.45) is 1.59. The van der Waals surface area contributed by atoms with Crippen LogP contribution in [0.2, 0.25) is 0 Å². The molecule has 0 aliphatic carbocycles. The molecule has 0 saturated heterocycles. The standard InChI is InChI=1S/C21H16FN3O3/c1-12-19(21(27)25(2)24-12)20(26)13-3-8-17-16(11-13)18(9-10-23-17)28-15-6-4-14(22)5-7-15/h3-11,24H,1-2H3. The lowest BCUT2D eigenvalue weighted by molar-refractivity contribution is 0.103. The minimum absolute atomic E-state index is 0.103. The van der Waals surface area contributed by atoms with Gasteiger partial charge in [-0.2, -0.15) is 0 Å². The van der Waals surface area contributed by atoms with Gasteiger partial charge in [-0.3, -0.25) is 24.4 Å². The van der Waals surface area contributed by atoms with Crippen molar-refractivity contribution < 1.29 is 13.9 Å². The van der Waals surface area contributed by atoms with Crippen LogP contribution in [0.4, 0.5) is 4.39 Å². The maximum atomic E-state index is 13.1. The van der Waals surface area contributed by atoms with Crippen molar-refractivity contribution in [2.24, 2.45) is 7.05 Å². The highest BCUT2D eigenvalue weighted by molar-refractivity contribution is 6.11. The molecule has 0 aliphatic rings. The highest BCUT2D eigenvalue weighted by atomic mass is 19.1. The van der Waals surface area contributed by atoms with Gasteiger partial charge in [0.15, 0.2) is 5.78 Å². The Labute approximate surface area is 159 Å². The van der Waals surface area contributed by atoms with Crippen LogP contribution >= 0.6 is 0 Å². The maximum absolute atomic E-state index is 13.1. The molecular weight excluding hydrogens is 361 g/mol. The Balaban J connectivity index is 1.78. The van der Waals surface area contributed by atoms with Crippen LogP contribution in [0, 0.1) is 12.7 Å². The fraction of sp³-hybridized carbons (Fsp3) is 0.0952. The third kappa shape index (κ3) is 3.07. The second-order valence-corrected chi connectivity index (χ2v) is 6.40. The lowest BCUT2D eigenvalue weighted by Gasteiger charge is -2.09. The quantitative estimate of drug-likeness (QED) is 0.550. The molecule has 1 N–H and O–H groups in total. The third-order valence-corrected chi connectivity index (χ3v) is 4.46. The van der Waals surface area contributed by atoms with Crippen LogP contribution in [0.5, 0.6) is 11.5 Å². The number of halogens is 1. The Hall–Kier alpha value is -3.74. The van der Waals surface area contributed by atoms with Gasteiger partial charge in [0.05, 0.1) is 5.52 Å². The molecule has 140 valence electrons. The van der Waals surface area contributed by atoms with Crippen molar-refractivity contribution in [1.82, 2.24) is 14.8 Å². The Morgan fingerprint density at radius 1 is 1.14 bits per heavy atom. The molecule has 2 heterocycles. The van der Waals surface area contributed by atoms with Crippen molar-refractivity contribution in [2.45, 2.75) is 6.92 Å². The van der Waals surface area contributed by atoms with Crippen molar-refractivity contribution in [1.29, 1.82) is 0 Å². The highest BCUT2D eigenvalue weighted by Gasteiger charge is 2.20. The van der Waals surface area contributed by atoms with Crippen LogP contribution in [-0.4, -0.2) is 20.5 Å². The summed E-state index contributed by atoms with van der Waals surface area (Å²) in [4.78, 5) is 29.4. The van der Waals surface area contributed by atoms with Gasteiger partial charge < -0.3 is 4.74 Å². The minimum atomic E-state index is -0.378. The Morgan fingerprint density at radius 2 is 1.89 bits per heavy atom. The number of rotatable bonds is 4. The zero-order chi connectivity index (χ0) is 19.8. The van der Waals surface area contributed by atoms with E-state index in [-0.39, 0.29) is 22.7 Å². The molecule has 0 fully saturated rings. The van der Waals surface area contributed by atoms with Gasteiger partial charge in [0, 0.05) is 29.9 Å². The SMILES string of the molecule is Cc1[nH]n(C)c(=O)c1C(=O)c1ccc2nccc(Oc3ccc(F)cc3)c2c1. The summed E-state index contributed by atoms with van der Waals surface area (Å²) in [5, 5.41) is 3.44. The normalized spacial score (nSPS) is 11.0. The first kappa shape index (κ1) is 17.7. The predicted octanol–water partition coefficient (Wildman–Crippen LogP) is 3.73. The number of benzene rings is 2. The second kappa shape index (κ2) is 6.77. The molecule has 0 spiro atoms. The van der Waals surface area contributed by atoms with Crippen molar-refractivity contribution >= 4 is 16.7 Å². The number of nitrogens with zero attached hydrogens (tertiary/aromatic N) is 2. The van der Waals surface area contributed by atoms with E-state index in [9.17, 15) is 14.0 Å². The maximum Gasteiger partial charge on any atom is 0.277 e. The molecule has 0 bridgehead atoms. The minimum Gasteiger partial charge on any atom is -0.457 e. The van der Waals surface area contributed by atoms with Gasteiger partial charge in [-0.25, -0.2) is 4.39 Å². The van der Waals surface area contributed by atoms with E-state index >= 15 is 0 Å². The lowest BCUT2D eigenvalue weighted by Crippen LogP contribution is -2.19. The summed E-state index contributed by atoms with van der Waals surface area (Å²) in [6.45, 7) is 1.68. The second-order valence-electron chi connectivity index (χ2n) is 6.40. The van der Waals surface area contributed by atoms with E-state index in [4.69, 9.17) is 4.74 Å². The number of nitrogens with one attached hydrogen (secondary N) is 1. The van der Waals surface area contributed by atoms with Crippen LogP contribution in [0.15, 0.2) is 59.5 Å². The monoisotopic (exact) mass is 377 g/mol. The number of H-pyrrole nitrogens is 1. The van der Waals surface area contributed by atoms with E-state index in [2.05, 4.69) is 10.1 Å². The molecular formula is C21H16FN3O3. The molecule has 28 heavy (non-hydrogen) atoms. The van der Waals surface area contributed by atoms with Gasteiger partial charge in [-0.05, 0) is 55.5 Å². The van der Waals surface area contributed by atoms with Crippen LogP contribution in [-0.2, 0) is 7.05 Å². The van der Waals surface area contributed by atoms with Gasteiger partial charge in [0.25, 0.3) is 5.56 Å². The van der Waals surface area contributed by atoms with Gasteiger partial charge in [0.2, 0.25) is 0 Å². The number of fused-ring (bicyclic) bond motifs is 1. The average Bonchev–Trinajstić information content (AvgIpc) is 2.94. The van der Waals surface area contributed by atoms with Gasteiger partial charge in [-0.1, -0.05) is 0 Å². The molecule has 0 amide bonds. The van der Waals surface area contributed by atoms with E-state index in [0.29, 0.717) is 33.7 Å². The summed E-state index contributed by atoms with van der Waals surface area (Å²) in [5.41, 5.74) is 1.22. The van der Waals surface area contributed by atoms with E-state index < -0.39 is 0 Å². The number of carbonyl (C=O) groups excluding carboxylic acids is 1. The largest absolute Gasteiger partial charge is 0.457 e. The van der Waals surface area contributed by atoms with E-state index in [1.807, 2.05) is 0 Å². The first-order chi connectivity index (χ1) is 13.4. The van der Waals surface area contributed by atoms with E-state index in [1.165, 1.54) is 28.9 Å².